The Balaban J connectivity index is 1.30. The summed E-state index contributed by atoms with van der Waals surface area (Å²) < 4.78 is 41.4. The molecule has 8 nitrogen and oxygen atoms in total. The molecule has 2 saturated heterocycles. The van der Waals surface area contributed by atoms with E-state index < -0.39 is 23.6 Å². The number of nitrogen functional groups attached to an aromatic ring is 1. The lowest BCUT2D eigenvalue weighted by molar-refractivity contribution is -0.274. The molecule has 0 bridgehead atoms. The Morgan fingerprint density at radius 1 is 1.15 bits per heavy atom. The third-order valence-corrected chi connectivity index (χ3v) is 6.30. The molecule has 0 saturated carbocycles. The molecule has 2 heterocycles. The summed E-state index contributed by atoms with van der Waals surface area (Å²) in [6.45, 7) is 2.69. The number of ether oxygens (including phenoxy) is 1. The second kappa shape index (κ2) is 9.41. The number of carbonyl (C=O) groups excluding carboxylic acids is 2. The number of nitrogens with two attached hydrogens (primary N) is 1. The second-order valence-electron chi connectivity index (χ2n) is 8.36. The van der Waals surface area contributed by atoms with E-state index >= 15 is 0 Å². The van der Waals surface area contributed by atoms with E-state index in [4.69, 9.17) is 5.73 Å². The summed E-state index contributed by atoms with van der Waals surface area (Å²) in [4.78, 5) is 29.4. The lowest BCUT2D eigenvalue weighted by atomic mass is 9.85. The zero-order chi connectivity index (χ0) is 24.3. The zero-order valence-corrected chi connectivity index (χ0v) is 18.4. The van der Waals surface area contributed by atoms with Crippen LogP contribution in [0.2, 0.25) is 0 Å². The highest BCUT2D eigenvalue weighted by atomic mass is 19.4. The quantitative estimate of drug-likeness (QED) is 0.553. The fourth-order valence-electron chi connectivity index (χ4n) is 4.50. The highest BCUT2D eigenvalue weighted by molar-refractivity contribution is 5.95. The van der Waals surface area contributed by atoms with Crippen LogP contribution in [0.25, 0.3) is 0 Å². The van der Waals surface area contributed by atoms with Crippen molar-refractivity contribution in [2.24, 2.45) is 0 Å². The van der Waals surface area contributed by atoms with Gasteiger partial charge < -0.3 is 30.9 Å². The molecule has 2 fully saturated rings. The van der Waals surface area contributed by atoms with Gasteiger partial charge in [0, 0.05) is 37.4 Å². The normalized spacial score (nSPS) is 18.1. The van der Waals surface area contributed by atoms with Crippen molar-refractivity contribution in [2.75, 3.05) is 43.5 Å². The summed E-state index contributed by atoms with van der Waals surface area (Å²) >= 11 is 0. The smallest absolute Gasteiger partial charge is 0.404 e. The summed E-state index contributed by atoms with van der Waals surface area (Å²) in [7, 11) is 0. The number of para-hydroxylation sites is 1. The van der Waals surface area contributed by atoms with Gasteiger partial charge in [0.2, 0.25) is 5.91 Å². The first kappa shape index (κ1) is 23.7. The second-order valence-corrected chi connectivity index (χ2v) is 8.36. The van der Waals surface area contributed by atoms with Gasteiger partial charge in [-0.15, -0.1) is 13.2 Å². The van der Waals surface area contributed by atoms with E-state index in [2.05, 4.69) is 25.2 Å². The number of benzene rings is 2. The van der Waals surface area contributed by atoms with Crippen LogP contribution in [0.1, 0.15) is 23.2 Å². The molecule has 2 aliphatic rings. The largest absolute Gasteiger partial charge is 0.573 e. The van der Waals surface area contributed by atoms with Gasteiger partial charge in [0.25, 0.3) is 5.91 Å². The molecule has 2 aromatic rings. The Labute approximate surface area is 194 Å². The summed E-state index contributed by atoms with van der Waals surface area (Å²) in [5.41, 5.74) is 5.73. The number of amides is 2. The molecule has 0 aliphatic carbocycles. The minimum absolute atomic E-state index is 0.0205. The number of rotatable bonds is 6. The Kier molecular flexibility index (Phi) is 6.56. The lowest BCUT2D eigenvalue weighted by Gasteiger charge is -2.43. The van der Waals surface area contributed by atoms with Gasteiger partial charge in [-0.05, 0) is 43.2 Å². The molecule has 2 aromatic carbocycles. The van der Waals surface area contributed by atoms with E-state index in [-0.39, 0.29) is 17.2 Å². The average molecular weight is 477 g/mol. The Morgan fingerprint density at radius 3 is 2.53 bits per heavy atom. The van der Waals surface area contributed by atoms with Crippen molar-refractivity contribution in [3.05, 3.63) is 54.1 Å². The Morgan fingerprint density at radius 2 is 1.85 bits per heavy atom. The van der Waals surface area contributed by atoms with Crippen LogP contribution in [-0.4, -0.2) is 61.5 Å². The monoisotopic (exact) mass is 477 g/mol. The van der Waals surface area contributed by atoms with Crippen LogP contribution in [0.4, 0.5) is 24.5 Å². The maximum absolute atomic E-state index is 12.7. The molecular weight excluding hydrogens is 451 g/mol. The fraction of sp³-hybridized carbons (Fsp3) is 0.391. The van der Waals surface area contributed by atoms with Gasteiger partial charge in [-0.1, -0.05) is 18.2 Å². The third-order valence-electron chi connectivity index (χ3n) is 6.30. The van der Waals surface area contributed by atoms with Crippen molar-refractivity contribution >= 4 is 23.2 Å². The van der Waals surface area contributed by atoms with Gasteiger partial charge in [0.05, 0.1) is 12.4 Å². The van der Waals surface area contributed by atoms with Gasteiger partial charge in [-0.2, -0.15) is 0 Å². The van der Waals surface area contributed by atoms with Crippen molar-refractivity contribution in [1.82, 2.24) is 15.5 Å². The van der Waals surface area contributed by atoms with Crippen LogP contribution in [-0.2, 0) is 4.79 Å². The van der Waals surface area contributed by atoms with Crippen molar-refractivity contribution in [2.45, 2.75) is 24.7 Å². The summed E-state index contributed by atoms with van der Waals surface area (Å²) in [5.74, 6) is -1.10. The molecule has 4 rings (SSSR count). The number of anilines is 2. The maximum atomic E-state index is 12.7. The molecule has 4 N–H and O–H groups in total. The molecule has 11 heteroatoms. The highest BCUT2D eigenvalue weighted by Gasteiger charge is 2.50. The number of piperidine rings is 1. The van der Waals surface area contributed by atoms with Crippen molar-refractivity contribution in [3.63, 3.8) is 0 Å². The minimum Gasteiger partial charge on any atom is -0.404 e. The molecule has 0 radical (unpaired) electrons. The molecular formula is C23H26F3N5O3. The van der Waals surface area contributed by atoms with Crippen LogP contribution in [0.15, 0.2) is 48.5 Å². The van der Waals surface area contributed by atoms with E-state index in [1.54, 1.807) is 0 Å². The average Bonchev–Trinajstić information content (AvgIpc) is 3.11. The van der Waals surface area contributed by atoms with E-state index in [9.17, 15) is 22.8 Å². The predicted molar refractivity (Wildman–Crippen MR) is 120 cm³/mol. The molecule has 2 aliphatic heterocycles. The molecule has 2 amide bonds. The van der Waals surface area contributed by atoms with Gasteiger partial charge in [0.1, 0.15) is 5.54 Å². The predicted octanol–water partition coefficient (Wildman–Crippen LogP) is 2.33. The summed E-state index contributed by atoms with van der Waals surface area (Å²) in [5, 5.41) is 5.68. The van der Waals surface area contributed by atoms with Crippen LogP contribution in [0.3, 0.4) is 0 Å². The number of halogens is 3. The Bertz CT molecular complexity index is 1040. The van der Waals surface area contributed by atoms with Gasteiger partial charge >= 0.3 is 6.36 Å². The van der Waals surface area contributed by atoms with Crippen molar-refractivity contribution in [3.8, 4) is 5.75 Å². The number of nitrogens with one attached hydrogen (secondary N) is 2. The maximum Gasteiger partial charge on any atom is 0.573 e. The number of nitrogens with zero attached hydrogens (tertiary/aromatic N) is 2. The van der Waals surface area contributed by atoms with E-state index in [1.165, 1.54) is 12.1 Å². The standard InChI is InChI=1S/C23H26F3N5O3/c24-23(25,26)34-19-14-16(6-7-18(19)27)20(32)28-10-13-30-11-8-22(9-12-30)21(33)29-15-31(22)17-4-2-1-3-5-17/h1-7,14H,8-13,15,27H2,(H,28,32)(H,29,33). The summed E-state index contributed by atoms with van der Waals surface area (Å²) in [6, 6.07) is 13.3. The molecule has 34 heavy (non-hydrogen) atoms. The lowest BCUT2D eigenvalue weighted by Crippen LogP contribution is -2.57. The molecule has 0 unspecified atom stereocenters. The summed E-state index contributed by atoms with van der Waals surface area (Å²) in [6.07, 6.45) is -3.60. The first-order valence-electron chi connectivity index (χ1n) is 10.9. The van der Waals surface area contributed by atoms with E-state index in [0.717, 1.165) is 11.8 Å². The number of hydrogen-bond donors (Lipinski definition) is 3. The zero-order valence-electron chi connectivity index (χ0n) is 18.4. The topological polar surface area (TPSA) is 99.9 Å². The number of carbonyl (C=O) groups is 2. The fourth-order valence-corrected chi connectivity index (χ4v) is 4.50. The van der Waals surface area contributed by atoms with Crippen molar-refractivity contribution < 1.29 is 27.5 Å². The van der Waals surface area contributed by atoms with E-state index in [1.807, 2.05) is 30.3 Å². The number of alkyl halides is 3. The Hall–Kier alpha value is -3.47. The number of likely N-dealkylation sites (tertiary alicyclic amines) is 1. The SMILES string of the molecule is Nc1ccc(C(=O)NCCN2CCC3(CC2)C(=O)NCN3c2ccccc2)cc1OC(F)(F)F. The van der Waals surface area contributed by atoms with Crippen LogP contribution < -0.4 is 26.0 Å². The van der Waals surface area contributed by atoms with Crippen LogP contribution >= 0.6 is 0 Å². The first-order valence-corrected chi connectivity index (χ1v) is 10.9. The minimum atomic E-state index is -4.90. The first-order chi connectivity index (χ1) is 16.2. The highest BCUT2D eigenvalue weighted by Crippen LogP contribution is 2.36. The van der Waals surface area contributed by atoms with Gasteiger partial charge in [-0.25, -0.2) is 0 Å². The molecule has 1 spiro atoms. The van der Waals surface area contributed by atoms with Crippen LogP contribution in [0, 0.1) is 0 Å². The van der Waals surface area contributed by atoms with Gasteiger partial charge in [0.15, 0.2) is 5.75 Å². The molecule has 0 atom stereocenters. The van der Waals surface area contributed by atoms with E-state index in [0.29, 0.717) is 45.7 Å². The third kappa shape index (κ3) is 5.04. The molecule has 0 aromatic heterocycles. The van der Waals surface area contributed by atoms with Crippen LogP contribution in [0.5, 0.6) is 5.75 Å². The van der Waals surface area contributed by atoms with Crippen molar-refractivity contribution in [1.29, 1.82) is 0 Å². The molecule has 182 valence electrons. The number of hydrogen-bond acceptors (Lipinski definition) is 6. The van der Waals surface area contributed by atoms with Gasteiger partial charge in [-0.3, -0.25) is 9.59 Å².